The number of nitrogen functional groups attached to an aromatic ring is 1. The zero-order valence-electron chi connectivity index (χ0n) is 11.5. The molecule has 0 saturated heterocycles. The number of hydrazine groups is 1. The first-order chi connectivity index (χ1) is 9.30. The van der Waals surface area contributed by atoms with Crippen molar-refractivity contribution in [3.8, 4) is 6.01 Å². The van der Waals surface area contributed by atoms with Gasteiger partial charge in [-0.2, -0.15) is 15.0 Å². The van der Waals surface area contributed by atoms with Crippen LogP contribution in [0.2, 0.25) is 0 Å². The van der Waals surface area contributed by atoms with E-state index in [9.17, 15) is 0 Å². The van der Waals surface area contributed by atoms with E-state index in [4.69, 9.17) is 15.3 Å². The number of rotatable bonds is 10. The summed E-state index contributed by atoms with van der Waals surface area (Å²) in [4.78, 5) is 12.2. The van der Waals surface area contributed by atoms with Gasteiger partial charge in [0.2, 0.25) is 11.9 Å². The number of unbranched alkanes of at least 4 members (excludes halogenated alkanes) is 2. The summed E-state index contributed by atoms with van der Waals surface area (Å²) in [6, 6.07) is 0.257. The third-order valence-electron chi connectivity index (χ3n) is 2.33. The summed E-state index contributed by atoms with van der Waals surface area (Å²) in [6.07, 6.45) is 3.16. The van der Waals surface area contributed by atoms with Gasteiger partial charge in [0.05, 0.1) is 6.61 Å². The fraction of sp³-hybridized carbons (Fsp3) is 0.727. The number of methoxy groups -OCH3 is 1. The zero-order valence-corrected chi connectivity index (χ0v) is 11.5. The molecule has 1 aromatic heterocycles. The van der Waals surface area contributed by atoms with Gasteiger partial charge in [0.1, 0.15) is 0 Å². The lowest BCUT2D eigenvalue weighted by Gasteiger charge is -2.08. The molecular weight excluding hydrogens is 248 g/mol. The summed E-state index contributed by atoms with van der Waals surface area (Å²) in [5, 5.41) is 3.12. The van der Waals surface area contributed by atoms with Crippen LogP contribution in [0.25, 0.3) is 0 Å². The van der Waals surface area contributed by atoms with Gasteiger partial charge in [-0.25, -0.2) is 5.84 Å². The molecular formula is C11H22N6O2. The zero-order chi connectivity index (χ0) is 13.9. The molecule has 0 aliphatic heterocycles. The molecule has 8 heteroatoms. The summed E-state index contributed by atoms with van der Waals surface area (Å²) in [6.45, 7) is 3.93. The SMILES string of the molecule is CCOc1nc(NN)nc(NCCCCCOC)n1. The van der Waals surface area contributed by atoms with E-state index in [1.165, 1.54) is 0 Å². The fourth-order valence-electron chi connectivity index (χ4n) is 1.44. The second-order valence-corrected chi connectivity index (χ2v) is 3.82. The topological polar surface area (TPSA) is 107 Å². The van der Waals surface area contributed by atoms with Crippen molar-refractivity contribution in [2.75, 3.05) is 37.6 Å². The molecule has 0 aliphatic rings. The lowest BCUT2D eigenvalue weighted by molar-refractivity contribution is 0.192. The molecule has 0 unspecified atom stereocenters. The number of nitrogens with one attached hydrogen (secondary N) is 2. The number of ether oxygens (including phenoxy) is 2. The van der Waals surface area contributed by atoms with E-state index in [1.807, 2.05) is 6.92 Å². The van der Waals surface area contributed by atoms with Gasteiger partial charge in [-0.3, -0.25) is 5.43 Å². The maximum absolute atomic E-state index is 5.29. The lowest BCUT2D eigenvalue weighted by atomic mass is 10.2. The van der Waals surface area contributed by atoms with Gasteiger partial charge in [-0.15, -0.1) is 0 Å². The van der Waals surface area contributed by atoms with Crippen LogP contribution >= 0.6 is 0 Å². The minimum atomic E-state index is 0.257. The van der Waals surface area contributed by atoms with Crippen molar-refractivity contribution in [1.29, 1.82) is 0 Å². The van der Waals surface area contributed by atoms with E-state index in [-0.39, 0.29) is 12.0 Å². The Labute approximate surface area is 113 Å². The van der Waals surface area contributed by atoms with Gasteiger partial charge >= 0.3 is 6.01 Å². The van der Waals surface area contributed by atoms with Crippen LogP contribution in [0.15, 0.2) is 0 Å². The second kappa shape index (κ2) is 9.29. The van der Waals surface area contributed by atoms with Gasteiger partial charge < -0.3 is 14.8 Å². The van der Waals surface area contributed by atoms with Gasteiger partial charge in [0.15, 0.2) is 0 Å². The third-order valence-corrected chi connectivity index (χ3v) is 2.33. The van der Waals surface area contributed by atoms with Crippen molar-refractivity contribution in [2.45, 2.75) is 26.2 Å². The standard InChI is InChI=1S/C11H22N6O2/c1-3-19-11-15-9(14-10(16-11)17-12)13-7-5-4-6-8-18-2/h3-8,12H2,1-2H3,(H2,13,14,15,16,17). The van der Waals surface area contributed by atoms with Crippen LogP contribution in [0.1, 0.15) is 26.2 Å². The van der Waals surface area contributed by atoms with E-state index in [1.54, 1.807) is 7.11 Å². The summed E-state index contributed by atoms with van der Waals surface area (Å²) >= 11 is 0. The van der Waals surface area contributed by atoms with Gasteiger partial charge in [-0.05, 0) is 26.2 Å². The van der Waals surface area contributed by atoms with Crippen LogP contribution in [0.5, 0.6) is 6.01 Å². The molecule has 4 N–H and O–H groups in total. The number of nitrogens with two attached hydrogens (primary N) is 1. The summed E-state index contributed by atoms with van der Waals surface area (Å²) < 4.78 is 10.2. The van der Waals surface area contributed by atoms with Crippen LogP contribution in [-0.4, -0.2) is 41.8 Å². The first kappa shape index (κ1) is 15.4. The summed E-state index contributed by atoms with van der Waals surface area (Å²) in [5.74, 6) is 6.03. The molecule has 0 aliphatic carbocycles. The van der Waals surface area contributed by atoms with Crippen LogP contribution in [0.4, 0.5) is 11.9 Å². The second-order valence-electron chi connectivity index (χ2n) is 3.82. The smallest absolute Gasteiger partial charge is 0.323 e. The van der Waals surface area contributed by atoms with E-state index >= 15 is 0 Å². The summed E-state index contributed by atoms with van der Waals surface area (Å²) in [7, 11) is 1.71. The quantitative estimate of drug-likeness (QED) is 0.325. The number of aromatic nitrogens is 3. The molecule has 0 atom stereocenters. The van der Waals surface area contributed by atoms with Crippen molar-refractivity contribution < 1.29 is 9.47 Å². The summed E-state index contributed by atoms with van der Waals surface area (Å²) in [5.41, 5.74) is 2.39. The van der Waals surface area contributed by atoms with Gasteiger partial charge in [0.25, 0.3) is 0 Å². The van der Waals surface area contributed by atoms with Crippen LogP contribution in [0.3, 0.4) is 0 Å². The predicted molar refractivity (Wildman–Crippen MR) is 73.0 cm³/mol. The monoisotopic (exact) mass is 270 g/mol. The van der Waals surface area contributed by atoms with E-state index < -0.39 is 0 Å². The highest BCUT2D eigenvalue weighted by Crippen LogP contribution is 2.10. The Morgan fingerprint density at radius 3 is 2.58 bits per heavy atom. The van der Waals surface area contributed by atoms with Crippen LogP contribution < -0.4 is 21.3 Å². The van der Waals surface area contributed by atoms with Crippen LogP contribution in [0, 0.1) is 0 Å². The molecule has 1 rings (SSSR count). The number of hydrogen-bond donors (Lipinski definition) is 3. The van der Waals surface area contributed by atoms with E-state index in [2.05, 4.69) is 25.7 Å². The molecule has 8 nitrogen and oxygen atoms in total. The Balaban J connectivity index is 2.41. The molecule has 0 saturated carbocycles. The molecule has 0 bridgehead atoms. The Hall–Kier alpha value is -1.67. The third kappa shape index (κ3) is 6.16. The first-order valence-electron chi connectivity index (χ1n) is 6.38. The van der Waals surface area contributed by atoms with Crippen molar-refractivity contribution in [3.05, 3.63) is 0 Å². The lowest BCUT2D eigenvalue weighted by Crippen LogP contribution is -2.15. The van der Waals surface area contributed by atoms with Gasteiger partial charge in [-0.1, -0.05) is 0 Å². The van der Waals surface area contributed by atoms with E-state index in [0.717, 1.165) is 32.4 Å². The molecule has 0 amide bonds. The average molecular weight is 270 g/mol. The first-order valence-corrected chi connectivity index (χ1v) is 6.38. The molecule has 19 heavy (non-hydrogen) atoms. The molecule has 0 fully saturated rings. The van der Waals surface area contributed by atoms with Crippen molar-refractivity contribution in [3.63, 3.8) is 0 Å². The molecule has 0 aromatic carbocycles. The van der Waals surface area contributed by atoms with Crippen LogP contribution in [-0.2, 0) is 4.74 Å². The highest BCUT2D eigenvalue weighted by atomic mass is 16.5. The Morgan fingerprint density at radius 1 is 1.11 bits per heavy atom. The largest absolute Gasteiger partial charge is 0.464 e. The molecule has 0 spiro atoms. The van der Waals surface area contributed by atoms with Crippen molar-refractivity contribution in [2.24, 2.45) is 5.84 Å². The Bertz CT molecular complexity index is 363. The minimum Gasteiger partial charge on any atom is -0.464 e. The minimum absolute atomic E-state index is 0.257. The van der Waals surface area contributed by atoms with E-state index in [0.29, 0.717) is 12.6 Å². The maximum Gasteiger partial charge on any atom is 0.323 e. The maximum atomic E-state index is 5.29. The average Bonchev–Trinajstić information content (AvgIpc) is 2.43. The Kier molecular flexibility index (Phi) is 7.52. The number of anilines is 2. The predicted octanol–water partition coefficient (Wildman–Crippen LogP) is 0.784. The fourth-order valence-corrected chi connectivity index (χ4v) is 1.44. The molecule has 0 radical (unpaired) electrons. The Morgan fingerprint density at radius 2 is 1.89 bits per heavy atom. The molecule has 108 valence electrons. The normalized spacial score (nSPS) is 10.3. The highest BCUT2D eigenvalue weighted by Gasteiger charge is 2.05. The number of nitrogens with zero attached hydrogens (tertiary/aromatic N) is 3. The van der Waals surface area contributed by atoms with Crippen molar-refractivity contribution in [1.82, 2.24) is 15.0 Å². The van der Waals surface area contributed by atoms with Crippen molar-refractivity contribution >= 4 is 11.9 Å². The molecule has 1 aromatic rings. The molecule has 1 heterocycles. The highest BCUT2D eigenvalue weighted by molar-refractivity contribution is 5.34. The number of hydrogen-bond acceptors (Lipinski definition) is 8. The van der Waals surface area contributed by atoms with Gasteiger partial charge in [0, 0.05) is 20.3 Å².